The van der Waals surface area contributed by atoms with E-state index in [2.05, 4.69) is 34.0 Å². The average molecular weight is 313 g/mol. The number of aromatic nitrogens is 1. The SMILES string of the molecule is CN1CCC(C)(CNS(=O)(=O)c2ccc(NN)nc2)CC1. The van der Waals surface area contributed by atoms with Gasteiger partial charge in [0.2, 0.25) is 10.0 Å². The molecule has 21 heavy (non-hydrogen) atoms. The first-order chi connectivity index (χ1) is 9.85. The summed E-state index contributed by atoms with van der Waals surface area (Å²) >= 11 is 0. The molecule has 0 saturated carbocycles. The summed E-state index contributed by atoms with van der Waals surface area (Å²) in [4.78, 5) is 6.34. The Morgan fingerprint density at radius 2 is 2.05 bits per heavy atom. The summed E-state index contributed by atoms with van der Waals surface area (Å²) in [5.41, 5.74) is 2.37. The first-order valence-electron chi connectivity index (χ1n) is 6.96. The van der Waals surface area contributed by atoms with Crippen molar-refractivity contribution < 1.29 is 8.42 Å². The van der Waals surface area contributed by atoms with E-state index in [1.54, 1.807) is 0 Å². The number of rotatable bonds is 5. The van der Waals surface area contributed by atoms with Crippen LogP contribution in [0.5, 0.6) is 0 Å². The van der Waals surface area contributed by atoms with E-state index in [0.29, 0.717) is 12.4 Å². The minimum Gasteiger partial charge on any atom is -0.308 e. The highest BCUT2D eigenvalue weighted by molar-refractivity contribution is 7.89. The van der Waals surface area contributed by atoms with Crippen molar-refractivity contribution in [1.82, 2.24) is 14.6 Å². The van der Waals surface area contributed by atoms with Gasteiger partial charge in [-0.3, -0.25) is 0 Å². The third-order valence-electron chi connectivity index (χ3n) is 4.08. The Morgan fingerprint density at radius 1 is 1.38 bits per heavy atom. The van der Waals surface area contributed by atoms with Crippen molar-refractivity contribution in [1.29, 1.82) is 0 Å². The van der Waals surface area contributed by atoms with Gasteiger partial charge in [-0.1, -0.05) is 6.92 Å². The van der Waals surface area contributed by atoms with E-state index < -0.39 is 10.0 Å². The lowest BCUT2D eigenvalue weighted by Crippen LogP contribution is -2.43. The number of anilines is 1. The third kappa shape index (κ3) is 4.13. The molecule has 1 fully saturated rings. The predicted octanol–water partition coefficient (Wildman–Crippen LogP) is 0.377. The van der Waals surface area contributed by atoms with Crippen molar-refractivity contribution in [3.05, 3.63) is 18.3 Å². The molecule has 0 unspecified atom stereocenters. The van der Waals surface area contributed by atoms with Gasteiger partial charge in [-0.05, 0) is 50.5 Å². The minimum absolute atomic E-state index is 0.00572. The number of piperidine rings is 1. The third-order valence-corrected chi connectivity index (χ3v) is 5.46. The van der Waals surface area contributed by atoms with Crippen LogP contribution in [0.4, 0.5) is 5.82 Å². The van der Waals surface area contributed by atoms with Crippen molar-refractivity contribution in [3.8, 4) is 0 Å². The molecule has 2 heterocycles. The summed E-state index contributed by atoms with van der Waals surface area (Å²) in [5, 5.41) is 0. The zero-order valence-electron chi connectivity index (χ0n) is 12.5. The maximum Gasteiger partial charge on any atom is 0.242 e. The number of nitrogen functional groups attached to an aromatic ring is 1. The van der Waals surface area contributed by atoms with Gasteiger partial charge in [0.15, 0.2) is 0 Å². The average Bonchev–Trinajstić information content (AvgIpc) is 2.49. The monoisotopic (exact) mass is 313 g/mol. The Balaban J connectivity index is 2.00. The predicted molar refractivity (Wildman–Crippen MR) is 82.1 cm³/mol. The van der Waals surface area contributed by atoms with Crippen LogP contribution in [0, 0.1) is 5.41 Å². The van der Waals surface area contributed by atoms with Gasteiger partial charge in [0.25, 0.3) is 0 Å². The fraction of sp³-hybridized carbons (Fsp3) is 0.615. The van der Waals surface area contributed by atoms with Crippen LogP contribution in [0.15, 0.2) is 23.2 Å². The summed E-state index contributed by atoms with van der Waals surface area (Å²) in [5.74, 6) is 5.64. The molecule has 0 radical (unpaired) electrons. The van der Waals surface area contributed by atoms with Gasteiger partial charge in [-0.25, -0.2) is 24.0 Å². The van der Waals surface area contributed by atoms with E-state index in [4.69, 9.17) is 5.84 Å². The fourth-order valence-electron chi connectivity index (χ4n) is 2.31. The van der Waals surface area contributed by atoms with Crippen molar-refractivity contribution in [2.75, 3.05) is 32.1 Å². The smallest absolute Gasteiger partial charge is 0.242 e. The van der Waals surface area contributed by atoms with E-state index in [-0.39, 0.29) is 10.3 Å². The van der Waals surface area contributed by atoms with E-state index in [1.165, 1.54) is 18.3 Å². The van der Waals surface area contributed by atoms with E-state index in [0.717, 1.165) is 25.9 Å². The Labute approximate surface area is 125 Å². The Hall–Kier alpha value is -1.22. The van der Waals surface area contributed by atoms with Crippen LogP contribution in [0.25, 0.3) is 0 Å². The maximum absolute atomic E-state index is 12.3. The molecule has 1 aromatic heterocycles. The van der Waals surface area contributed by atoms with Gasteiger partial charge in [0.05, 0.1) is 0 Å². The van der Waals surface area contributed by atoms with E-state index in [9.17, 15) is 8.42 Å². The summed E-state index contributed by atoms with van der Waals surface area (Å²) in [7, 11) is -1.45. The maximum atomic E-state index is 12.3. The second kappa shape index (κ2) is 6.27. The molecule has 1 aliphatic heterocycles. The molecule has 8 heteroatoms. The lowest BCUT2D eigenvalue weighted by atomic mass is 9.81. The minimum atomic E-state index is -3.53. The number of sulfonamides is 1. The summed E-state index contributed by atoms with van der Waals surface area (Å²) in [6.07, 6.45) is 3.27. The molecule has 118 valence electrons. The van der Waals surface area contributed by atoms with E-state index in [1.807, 2.05) is 0 Å². The topological polar surface area (TPSA) is 100 Å². The van der Waals surface area contributed by atoms with Crippen LogP contribution >= 0.6 is 0 Å². The Kier molecular flexibility index (Phi) is 4.82. The molecule has 2 rings (SSSR count). The summed E-state index contributed by atoms with van der Waals surface area (Å²) in [6, 6.07) is 3.02. The zero-order chi connectivity index (χ0) is 15.5. The van der Waals surface area contributed by atoms with Crippen molar-refractivity contribution in [2.24, 2.45) is 11.3 Å². The molecule has 0 amide bonds. The molecule has 0 bridgehead atoms. The number of pyridine rings is 1. The van der Waals surface area contributed by atoms with Gasteiger partial charge in [-0.15, -0.1) is 0 Å². The van der Waals surface area contributed by atoms with Crippen LogP contribution in [-0.2, 0) is 10.0 Å². The number of likely N-dealkylation sites (tertiary alicyclic amines) is 1. The highest BCUT2D eigenvalue weighted by Crippen LogP contribution is 2.29. The molecule has 0 aliphatic carbocycles. The van der Waals surface area contributed by atoms with Crippen molar-refractivity contribution in [2.45, 2.75) is 24.7 Å². The molecule has 0 atom stereocenters. The Bertz CT molecular complexity index is 565. The van der Waals surface area contributed by atoms with Crippen LogP contribution in [0.2, 0.25) is 0 Å². The molecule has 0 spiro atoms. The van der Waals surface area contributed by atoms with Gasteiger partial charge >= 0.3 is 0 Å². The molecule has 1 saturated heterocycles. The second-order valence-corrected chi connectivity index (χ2v) is 7.73. The molecular formula is C13H23N5O2S. The number of hydrazine groups is 1. The standard InChI is InChI=1S/C13H23N5O2S/c1-13(5-7-18(2)8-6-13)10-16-21(19,20)11-3-4-12(17-14)15-9-11/h3-4,9,16H,5-8,10,14H2,1-2H3,(H,15,17). The number of nitrogens with zero attached hydrogens (tertiary/aromatic N) is 2. The van der Waals surface area contributed by atoms with Crippen LogP contribution in [0.3, 0.4) is 0 Å². The quantitative estimate of drug-likeness (QED) is 0.537. The lowest BCUT2D eigenvalue weighted by molar-refractivity contribution is 0.143. The fourth-order valence-corrected chi connectivity index (χ4v) is 3.46. The first kappa shape index (κ1) is 16.2. The number of nitrogens with one attached hydrogen (secondary N) is 2. The van der Waals surface area contributed by atoms with Gasteiger partial charge in [-0.2, -0.15) is 0 Å². The molecule has 1 aliphatic rings. The van der Waals surface area contributed by atoms with Gasteiger partial charge < -0.3 is 10.3 Å². The van der Waals surface area contributed by atoms with Gasteiger partial charge in [0.1, 0.15) is 10.7 Å². The lowest BCUT2D eigenvalue weighted by Gasteiger charge is -2.37. The molecule has 1 aromatic rings. The van der Waals surface area contributed by atoms with Crippen LogP contribution < -0.4 is 16.0 Å². The summed E-state index contributed by atoms with van der Waals surface area (Å²) < 4.78 is 27.2. The Morgan fingerprint density at radius 3 is 2.57 bits per heavy atom. The zero-order valence-corrected chi connectivity index (χ0v) is 13.3. The number of nitrogens with two attached hydrogens (primary N) is 1. The molecule has 0 aromatic carbocycles. The number of hydrogen-bond donors (Lipinski definition) is 3. The molecular weight excluding hydrogens is 290 g/mol. The highest BCUT2D eigenvalue weighted by atomic mass is 32.2. The van der Waals surface area contributed by atoms with Gasteiger partial charge in [0, 0.05) is 12.7 Å². The van der Waals surface area contributed by atoms with Crippen LogP contribution in [-0.4, -0.2) is 45.0 Å². The normalized spacial score (nSPS) is 19.4. The molecule has 4 N–H and O–H groups in total. The summed E-state index contributed by atoms with van der Waals surface area (Å²) in [6.45, 7) is 4.57. The highest BCUT2D eigenvalue weighted by Gasteiger charge is 2.30. The number of hydrogen-bond acceptors (Lipinski definition) is 6. The van der Waals surface area contributed by atoms with E-state index >= 15 is 0 Å². The second-order valence-electron chi connectivity index (χ2n) is 5.96. The molecule has 7 nitrogen and oxygen atoms in total. The largest absolute Gasteiger partial charge is 0.308 e. The van der Waals surface area contributed by atoms with Crippen LogP contribution in [0.1, 0.15) is 19.8 Å². The van der Waals surface area contributed by atoms with Crippen molar-refractivity contribution >= 4 is 15.8 Å². The van der Waals surface area contributed by atoms with Crippen molar-refractivity contribution in [3.63, 3.8) is 0 Å². The first-order valence-corrected chi connectivity index (χ1v) is 8.44.